The van der Waals surface area contributed by atoms with Crippen molar-refractivity contribution < 1.29 is 9.47 Å². The van der Waals surface area contributed by atoms with Crippen molar-refractivity contribution in [3.8, 4) is 0 Å². The van der Waals surface area contributed by atoms with Gasteiger partial charge in [0.25, 0.3) is 0 Å². The molecule has 0 saturated carbocycles. The van der Waals surface area contributed by atoms with E-state index in [9.17, 15) is 4.91 Å². The Balaban J connectivity index is 2.72. The number of rotatable bonds is 4. The maximum absolute atomic E-state index is 10.3. The first-order valence-corrected chi connectivity index (χ1v) is 5.52. The van der Waals surface area contributed by atoms with Crippen LogP contribution in [0, 0.1) is 16.7 Å². The minimum Gasteiger partial charge on any atom is -0.344 e. The molecule has 0 bridgehead atoms. The molecule has 15 heavy (non-hydrogen) atoms. The van der Waals surface area contributed by atoms with Crippen LogP contribution in [-0.4, -0.2) is 24.5 Å². The van der Waals surface area contributed by atoms with E-state index >= 15 is 0 Å². The van der Waals surface area contributed by atoms with Crippen molar-refractivity contribution in [3.05, 3.63) is 4.91 Å². The van der Waals surface area contributed by atoms with Gasteiger partial charge in [0, 0.05) is 5.92 Å². The van der Waals surface area contributed by atoms with Crippen LogP contribution in [0.25, 0.3) is 0 Å². The smallest absolute Gasteiger partial charge is 0.163 e. The lowest BCUT2D eigenvalue weighted by Gasteiger charge is -2.23. The molecule has 4 heteroatoms. The van der Waals surface area contributed by atoms with Crippen LogP contribution in [0.4, 0.5) is 0 Å². The molecule has 0 aromatic heterocycles. The zero-order chi connectivity index (χ0) is 11.6. The Labute approximate surface area is 91.3 Å². The van der Waals surface area contributed by atoms with E-state index in [0.717, 1.165) is 0 Å². The Hall–Kier alpha value is -0.480. The van der Waals surface area contributed by atoms with Gasteiger partial charge < -0.3 is 9.47 Å². The summed E-state index contributed by atoms with van der Waals surface area (Å²) in [5.41, 5.74) is 0. The lowest BCUT2D eigenvalue weighted by Crippen LogP contribution is -2.34. The van der Waals surface area contributed by atoms with E-state index < -0.39 is 5.79 Å². The number of ether oxygens (including phenoxy) is 2. The fraction of sp³-hybridized carbons (Fsp3) is 1.00. The van der Waals surface area contributed by atoms with E-state index in [1.165, 1.54) is 0 Å². The normalized spacial score (nSPS) is 31.9. The number of hydrogen-bond donors (Lipinski definition) is 0. The highest BCUT2D eigenvalue weighted by Gasteiger charge is 2.44. The van der Waals surface area contributed by atoms with Crippen LogP contribution in [0.2, 0.25) is 0 Å². The van der Waals surface area contributed by atoms with E-state index in [1.807, 2.05) is 20.8 Å². The zero-order valence-electron chi connectivity index (χ0n) is 10.2. The molecule has 0 spiro atoms. The van der Waals surface area contributed by atoms with Crippen LogP contribution in [0.1, 0.15) is 34.6 Å². The molecule has 1 fully saturated rings. The first kappa shape index (κ1) is 12.6. The van der Waals surface area contributed by atoms with Crippen LogP contribution in [0.5, 0.6) is 0 Å². The van der Waals surface area contributed by atoms with E-state index in [4.69, 9.17) is 9.47 Å². The van der Waals surface area contributed by atoms with Crippen LogP contribution in [0.3, 0.4) is 0 Å². The third kappa shape index (κ3) is 2.98. The highest BCUT2D eigenvalue weighted by atomic mass is 16.8. The van der Waals surface area contributed by atoms with E-state index in [1.54, 1.807) is 0 Å². The summed E-state index contributed by atoms with van der Waals surface area (Å²) in [7, 11) is 0. The molecule has 0 N–H and O–H groups in total. The van der Waals surface area contributed by atoms with Gasteiger partial charge in [0.05, 0.1) is 18.8 Å². The van der Waals surface area contributed by atoms with Gasteiger partial charge in [-0.15, -0.1) is 0 Å². The molecule has 0 radical (unpaired) electrons. The first-order valence-electron chi connectivity index (χ1n) is 5.52. The second-order valence-electron chi connectivity index (χ2n) is 5.10. The Morgan fingerprint density at radius 1 is 1.20 bits per heavy atom. The third-order valence-electron chi connectivity index (χ3n) is 2.74. The Bertz CT molecular complexity index is 228. The molecule has 0 aromatic carbocycles. The molecule has 1 aliphatic heterocycles. The summed E-state index contributed by atoms with van der Waals surface area (Å²) in [6.07, 6.45) is 0.0226. The molecule has 88 valence electrons. The number of nitroso groups, excluding NO2 is 1. The van der Waals surface area contributed by atoms with Gasteiger partial charge in [-0.2, -0.15) is 4.91 Å². The van der Waals surface area contributed by atoms with Gasteiger partial charge in [0.2, 0.25) is 0 Å². The topological polar surface area (TPSA) is 47.9 Å². The van der Waals surface area contributed by atoms with Gasteiger partial charge in [-0.3, -0.25) is 0 Å². The van der Waals surface area contributed by atoms with E-state index in [-0.39, 0.29) is 24.7 Å². The maximum atomic E-state index is 10.3. The summed E-state index contributed by atoms with van der Waals surface area (Å²) in [6, 6.07) is 0. The Morgan fingerprint density at radius 2 is 1.73 bits per heavy atom. The van der Waals surface area contributed by atoms with Crippen molar-refractivity contribution in [2.24, 2.45) is 17.0 Å². The quantitative estimate of drug-likeness (QED) is 0.677. The van der Waals surface area contributed by atoms with Crippen LogP contribution >= 0.6 is 0 Å². The number of nitrogens with zero attached hydrogens (tertiary/aromatic N) is 1. The van der Waals surface area contributed by atoms with Crippen LogP contribution < -0.4 is 0 Å². The van der Waals surface area contributed by atoms with Crippen molar-refractivity contribution in [2.45, 2.75) is 52.6 Å². The second kappa shape index (κ2) is 4.58. The SMILES string of the molecule is CC(C)C1OC(C)(C)OC1[C@H](C)CN=O. The zero-order valence-corrected chi connectivity index (χ0v) is 10.2. The minimum absolute atomic E-state index is 0.0299. The van der Waals surface area contributed by atoms with Crippen molar-refractivity contribution >= 4 is 0 Å². The summed E-state index contributed by atoms with van der Waals surface area (Å²) in [5.74, 6) is -0.0564. The molecule has 0 aliphatic carbocycles. The molecule has 0 amide bonds. The molecular formula is C11H21NO3. The average Bonchev–Trinajstić information content (AvgIpc) is 2.42. The number of hydrogen-bond acceptors (Lipinski definition) is 4. The molecule has 1 saturated heterocycles. The predicted molar refractivity (Wildman–Crippen MR) is 58.5 cm³/mol. The summed E-state index contributed by atoms with van der Waals surface area (Å²) in [5, 5.41) is 2.94. The molecule has 2 unspecified atom stereocenters. The van der Waals surface area contributed by atoms with Crippen molar-refractivity contribution in [2.75, 3.05) is 6.54 Å². The van der Waals surface area contributed by atoms with Gasteiger partial charge in [-0.05, 0) is 19.8 Å². The Morgan fingerprint density at radius 3 is 2.20 bits per heavy atom. The molecule has 4 nitrogen and oxygen atoms in total. The van der Waals surface area contributed by atoms with Crippen molar-refractivity contribution in [1.29, 1.82) is 0 Å². The monoisotopic (exact) mass is 215 g/mol. The van der Waals surface area contributed by atoms with Crippen LogP contribution in [-0.2, 0) is 9.47 Å². The predicted octanol–water partition coefficient (Wildman–Crippen LogP) is 2.57. The summed E-state index contributed by atoms with van der Waals surface area (Å²) in [6.45, 7) is 10.3. The highest BCUT2D eigenvalue weighted by molar-refractivity contribution is 4.87. The highest BCUT2D eigenvalue weighted by Crippen LogP contribution is 2.35. The molecular weight excluding hydrogens is 194 g/mol. The summed E-state index contributed by atoms with van der Waals surface area (Å²) in [4.78, 5) is 10.3. The standard InChI is InChI=1S/C11H21NO3/c1-7(2)9-10(8(3)6-12-13)15-11(4,5)14-9/h7-10H,6H2,1-5H3/t8-,9?,10?/m1/s1. The largest absolute Gasteiger partial charge is 0.344 e. The Kier molecular flexibility index (Phi) is 3.84. The van der Waals surface area contributed by atoms with E-state index in [0.29, 0.717) is 5.92 Å². The molecule has 1 aliphatic rings. The maximum Gasteiger partial charge on any atom is 0.163 e. The minimum atomic E-state index is -0.545. The molecule has 1 heterocycles. The van der Waals surface area contributed by atoms with Crippen molar-refractivity contribution in [1.82, 2.24) is 0 Å². The summed E-state index contributed by atoms with van der Waals surface area (Å²) >= 11 is 0. The molecule has 3 atom stereocenters. The first-order chi connectivity index (χ1) is 6.87. The molecule has 1 rings (SSSR count). The lowest BCUT2D eigenvalue weighted by molar-refractivity contribution is -0.152. The van der Waals surface area contributed by atoms with E-state index in [2.05, 4.69) is 19.0 Å². The van der Waals surface area contributed by atoms with Crippen LogP contribution in [0.15, 0.2) is 5.18 Å². The van der Waals surface area contributed by atoms with Gasteiger partial charge in [-0.1, -0.05) is 25.9 Å². The van der Waals surface area contributed by atoms with Crippen molar-refractivity contribution in [3.63, 3.8) is 0 Å². The molecule has 0 aromatic rings. The van der Waals surface area contributed by atoms with Gasteiger partial charge in [-0.25, -0.2) is 0 Å². The third-order valence-corrected chi connectivity index (χ3v) is 2.74. The fourth-order valence-electron chi connectivity index (χ4n) is 1.99. The summed E-state index contributed by atoms with van der Waals surface area (Å²) < 4.78 is 11.6. The second-order valence-corrected chi connectivity index (χ2v) is 5.10. The lowest BCUT2D eigenvalue weighted by atomic mass is 9.93. The average molecular weight is 215 g/mol. The fourth-order valence-corrected chi connectivity index (χ4v) is 1.99. The van der Waals surface area contributed by atoms with Gasteiger partial charge >= 0.3 is 0 Å². The van der Waals surface area contributed by atoms with Gasteiger partial charge in [0.15, 0.2) is 5.79 Å². The van der Waals surface area contributed by atoms with Gasteiger partial charge in [0.1, 0.15) is 0 Å².